The maximum Gasteiger partial charge on any atom is 0.272 e. The Morgan fingerprint density at radius 1 is 1.21 bits per heavy atom. The number of carbonyl (C=O) groups excluding carboxylic acids is 1. The molecule has 4 aromatic rings. The number of aromatic nitrogens is 4. The van der Waals surface area contributed by atoms with Crippen molar-refractivity contribution < 1.29 is 9.21 Å². The van der Waals surface area contributed by atoms with Crippen LogP contribution in [0.3, 0.4) is 0 Å². The van der Waals surface area contributed by atoms with Gasteiger partial charge in [0, 0.05) is 23.6 Å². The molecule has 0 fully saturated rings. The van der Waals surface area contributed by atoms with Gasteiger partial charge in [-0.2, -0.15) is 4.68 Å². The molecule has 3 aromatic heterocycles. The summed E-state index contributed by atoms with van der Waals surface area (Å²) >= 11 is 7.45. The van der Waals surface area contributed by atoms with E-state index >= 15 is 0 Å². The van der Waals surface area contributed by atoms with Crippen LogP contribution < -0.4 is 0 Å². The highest BCUT2D eigenvalue weighted by molar-refractivity contribution is 7.16. The Morgan fingerprint density at radius 2 is 2.03 bits per heavy atom. The van der Waals surface area contributed by atoms with Gasteiger partial charge in [0.25, 0.3) is 5.91 Å². The molecule has 1 amide bonds. The second kappa shape index (κ2) is 8.42. The minimum Gasteiger partial charge on any atom is -0.465 e. The number of thiophene rings is 1. The van der Waals surface area contributed by atoms with Crippen molar-refractivity contribution >= 4 is 40.6 Å². The van der Waals surface area contributed by atoms with Gasteiger partial charge in [0.05, 0.1) is 17.1 Å². The third-order valence-electron chi connectivity index (χ3n) is 4.14. The van der Waals surface area contributed by atoms with E-state index in [1.165, 1.54) is 16.0 Å². The molecule has 0 bridgehead atoms. The molecule has 4 rings (SSSR count). The summed E-state index contributed by atoms with van der Waals surface area (Å²) in [5, 5.41) is 12.0. The minimum absolute atomic E-state index is 0.254. The molecule has 0 spiro atoms. The van der Waals surface area contributed by atoms with E-state index in [0.29, 0.717) is 22.5 Å². The third-order valence-corrected chi connectivity index (χ3v) is 5.36. The smallest absolute Gasteiger partial charge is 0.272 e. The van der Waals surface area contributed by atoms with E-state index in [0.717, 1.165) is 10.4 Å². The van der Waals surface area contributed by atoms with E-state index in [9.17, 15) is 4.79 Å². The molecule has 0 aliphatic rings. The molecule has 1 aromatic carbocycles. The zero-order chi connectivity index (χ0) is 20.2. The Bertz CT molecular complexity index is 1130. The maximum atomic E-state index is 13.3. The second-order valence-electron chi connectivity index (χ2n) is 6.19. The van der Waals surface area contributed by atoms with Crippen LogP contribution in [0.15, 0.2) is 65.3 Å². The Balaban J connectivity index is 1.72. The fourth-order valence-corrected chi connectivity index (χ4v) is 3.92. The molecule has 0 N–H and O–H groups in total. The fraction of sp³-hybridized carbons (Fsp3) is 0.100. The van der Waals surface area contributed by atoms with Gasteiger partial charge in [0.2, 0.25) is 0 Å². The highest BCUT2D eigenvalue weighted by Gasteiger charge is 2.23. The Morgan fingerprint density at radius 3 is 2.72 bits per heavy atom. The Labute approximate surface area is 175 Å². The van der Waals surface area contributed by atoms with Gasteiger partial charge in [-0.25, -0.2) is 0 Å². The summed E-state index contributed by atoms with van der Waals surface area (Å²) in [6.07, 6.45) is 3.17. The average molecular weight is 426 g/mol. The van der Waals surface area contributed by atoms with E-state index < -0.39 is 0 Å². The lowest BCUT2D eigenvalue weighted by Gasteiger charge is -2.18. The van der Waals surface area contributed by atoms with E-state index in [-0.39, 0.29) is 11.6 Å². The average Bonchev–Trinajstić information content (AvgIpc) is 3.48. The quantitative estimate of drug-likeness (QED) is 0.430. The molecule has 29 heavy (non-hydrogen) atoms. The lowest BCUT2D eigenvalue weighted by molar-refractivity contribution is -0.124. The van der Waals surface area contributed by atoms with Gasteiger partial charge in [-0.3, -0.25) is 4.79 Å². The van der Waals surface area contributed by atoms with Crippen LogP contribution >= 0.6 is 22.9 Å². The van der Waals surface area contributed by atoms with E-state index in [4.69, 9.17) is 16.0 Å². The molecule has 0 unspecified atom stereocenters. The normalized spacial score (nSPS) is 11.6. The van der Waals surface area contributed by atoms with Crippen LogP contribution in [0.2, 0.25) is 4.34 Å². The van der Waals surface area contributed by atoms with Crippen molar-refractivity contribution in [3.8, 4) is 11.4 Å². The first-order valence-corrected chi connectivity index (χ1v) is 9.90. The lowest BCUT2D eigenvalue weighted by Crippen LogP contribution is -2.29. The lowest BCUT2D eigenvalue weighted by atomic mass is 10.2. The number of hydrogen-bond donors (Lipinski definition) is 0. The number of halogens is 1. The van der Waals surface area contributed by atoms with E-state index in [1.807, 2.05) is 42.5 Å². The maximum absolute atomic E-state index is 13.3. The SMILES string of the molecule is CN(Cc1ccc(Cl)s1)C(=O)/C(=C/c1ccco1)n1nnnc1-c1ccccc1. The predicted octanol–water partition coefficient (Wildman–Crippen LogP) is 4.30. The molecule has 0 aliphatic carbocycles. The van der Waals surface area contributed by atoms with Crippen molar-refractivity contribution in [3.05, 3.63) is 75.8 Å². The number of likely N-dealkylation sites (N-methyl/N-ethyl adjacent to an activating group) is 1. The Kier molecular flexibility index (Phi) is 5.55. The minimum atomic E-state index is -0.254. The number of tetrazole rings is 1. The topological polar surface area (TPSA) is 77.0 Å². The molecule has 7 nitrogen and oxygen atoms in total. The molecule has 0 radical (unpaired) electrons. The summed E-state index contributed by atoms with van der Waals surface area (Å²) < 4.78 is 7.52. The first-order chi connectivity index (χ1) is 14.1. The van der Waals surface area contributed by atoms with Crippen molar-refractivity contribution in [1.29, 1.82) is 0 Å². The monoisotopic (exact) mass is 425 g/mol. The van der Waals surface area contributed by atoms with Gasteiger partial charge < -0.3 is 9.32 Å². The molecular formula is C20H16ClN5O2S. The van der Waals surface area contributed by atoms with Crippen LogP contribution in [-0.4, -0.2) is 38.1 Å². The predicted molar refractivity (Wildman–Crippen MR) is 112 cm³/mol. The summed E-state index contributed by atoms with van der Waals surface area (Å²) in [6, 6.07) is 16.7. The highest BCUT2D eigenvalue weighted by atomic mass is 35.5. The number of hydrogen-bond acceptors (Lipinski definition) is 6. The number of amides is 1. The summed E-state index contributed by atoms with van der Waals surface area (Å²) in [5.74, 6) is 0.732. The van der Waals surface area contributed by atoms with Gasteiger partial charge in [0.15, 0.2) is 5.82 Å². The van der Waals surface area contributed by atoms with Gasteiger partial charge in [0.1, 0.15) is 11.5 Å². The van der Waals surface area contributed by atoms with Gasteiger partial charge >= 0.3 is 0 Å². The molecule has 3 heterocycles. The van der Waals surface area contributed by atoms with Crippen LogP contribution in [0.5, 0.6) is 0 Å². The van der Waals surface area contributed by atoms with Gasteiger partial charge in [-0.15, -0.1) is 16.4 Å². The fourth-order valence-electron chi connectivity index (χ4n) is 2.78. The molecule has 0 saturated carbocycles. The number of benzene rings is 1. The van der Waals surface area contributed by atoms with E-state index in [2.05, 4.69) is 15.5 Å². The molecular weight excluding hydrogens is 410 g/mol. The van der Waals surface area contributed by atoms with Crippen molar-refractivity contribution in [2.24, 2.45) is 0 Å². The summed E-state index contributed by atoms with van der Waals surface area (Å²) in [5.41, 5.74) is 1.07. The van der Waals surface area contributed by atoms with Gasteiger partial charge in [-0.1, -0.05) is 41.9 Å². The van der Waals surface area contributed by atoms with Crippen LogP contribution in [0.1, 0.15) is 10.6 Å². The van der Waals surface area contributed by atoms with E-state index in [1.54, 1.807) is 36.4 Å². The Hall–Kier alpha value is -3.23. The molecule has 146 valence electrons. The van der Waals surface area contributed by atoms with Crippen molar-refractivity contribution in [1.82, 2.24) is 25.1 Å². The molecule has 0 saturated heterocycles. The summed E-state index contributed by atoms with van der Waals surface area (Å²) in [7, 11) is 1.72. The van der Waals surface area contributed by atoms with Crippen molar-refractivity contribution in [2.45, 2.75) is 6.54 Å². The number of nitrogens with zero attached hydrogens (tertiary/aromatic N) is 5. The first-order valence-electron chi connectivity index (χ1n) is 8.71. The van der Waals surface area contributed by atoms with Gasteiger partial charge in [-0.05, 0) is 34.7 Å². The second-order valence-corrected chi connectivity index (χ2v) is 7.99. The van der Waals surface area contributed by atoms with Crippen molar-refractivity contribution in [3.63, 3.8) is 0 Å². The standard InChI is InChI=1S/C20H16ClN5O2S/c1-25(13-16-9-10-18(21)29-16)20(27)17(12-15-8-5-11-28-15)26-19(22-23-24-26)14-6-3-2-4-7-14/h2-12H,13H2,1H3/b17-12-. The molecule has 0 aliphatic heterocycles. The number of carbonyl (C=O) groups is 1. The molecule has 0 atom stereocenters. The third kappa shape index (κ3) is 4.28. The van der Waals surface area contributed by atoms with Crippen LogP contribution in [0.25, 0.3) is 23.2 Å². The van der Waals surface area contributed by atoms with Crippen LogP contribution in [0.4, 0.5) is 0 Å². The molecule has 9 heteroatoms. The largest absolute Gasteiger partial charge is 0.465 e. The first kappa shape index (κ1) is 19.1. The summed E-state index contributed by atoms with van der Waals surface area (Å²) in [4.78, 5) is 15.9. The van der Waals surface area contributed by atoms with Crippen molar-refractivity contribution in [2.75, 3.05) is 7.05 Å². The number of furan rings is 1. The van der Waals surface area contributed by atoms with Crippen LogP contribution in [-0.2, 0) is 11.3 Å². The number of rotatable bonds is 6. The summed E-state index contributed by atoms with van der Waals surface area (Å²) in [6.45, 7) is 0.411. The highest BCUT2D eigenvalue weighted by Crippen LogP contribution is 2.25. The zero-order valence-electron chi connectivity index (χ0n) is 15.4. The zero-order valence-corrected chi connectivity index (χ0v) is 17.0. The van der Waals surface area contributed by atoms with Crippen LogP contribution in [0, 0.1) is 0 Å².